The van der Waals surface area contributed by atoms with Crippen LogP contribution in [0.1, 0.15) is 41.0 Å². The van der Waals surface area contributed by atoms with E-state index in [1.807, 2.05) is 13.8 Å². The molecule has 0 fully saturated rings. The van der Waals surface area contributed by atoms with E-state index < -0.39 is 22.1 Å². The highest BCUT2D eigenvalue weighted by Gasteiger charge is 2.33. The fraction of sp³-hybridized carbons (Fsp3) is 0.300. The van der Waals surface area contributed by atoms with Crippen LogP contribution in [0.15, 0.2) is 30.3 Å². The normalized spacial score (nSPS) is 14.4. The Balaban J connectivity index is 1.94. The number of Topliss-reactive ketones (excluding diaryl/α,β-unsaturated/α-hetero) is 1. The second-order valence-electron chi connectivity index (χ2n) is 7.11. The Bertz CT molecular complexity index is 1010. The molecule has 2 aromatic carbocycles. The summed E-state index contributed by atoms with van der Waals surface area (Å²) in [6.07, 6.45) is 0.207. The van der Waals surface area contributed by atoms with Crippen LogP contribution in [-0.2, 0) is 0 Å². The summed E-state index contributed by atoms with van der Waals surface area (Å²) in [4.78, 5) is 35.9. The van der Waals surface area contributed by atoms with Gasteiger partial charge in [0.05, 0.1) is 37.2 Å². The molecule has 0 atom stereocenters. The maximum absolute atomic E-state index is 12.7. The maximum Gasteiger partial charge on any atom is 0.286 e. The summed E-state index contributed by atoms with van der Waals surface area (Å²) in [5.41, 5.74) is -0.568. The van der Waals surface area contributed by atoms with Crippen LogP contribution in [0.3, 0.4) is 0 Å². The molecule has 1 aliphatic rings. The zero-order valence-electron chi connectivity index (χ0n) is 16.4. The lowest BCUT2D eigenvalue weighted by atomic mass is 9.93. The average molecular weight is 400 g/mol. The molecule has 0 saturated carbocycles. The van der Waals surface area contributed by atoms with Crippen molar-refractivity contribution in [2.75, 3.05) is 19.5 Å². The summed E-state index contributed by atoms with van der Waals surface area (Å²) in [6.45, 7) is 3.64. The van der Waals surface area contributed by atoms with E-state index in [0.717, 1.165) is 6.07 Å². The van der Waals surface area contributed by atoms with Crippen molar-refractivity contribution in [3.05, 3.63) is 51.6 Å². The highest BCUT2D eigenvalue weighted by molar-refractivity contribution is 6.08. The van der Waals surface area contributed by atoms with Gasteiger partial charge in [0.25, 0.3) is 11.6 Å². The van der Waals surface area contributed by atoms with Gasteiger partial charge < -0.3 is 19.5 Å². The van der Waals surface area contributed by atoms with Crippen LogP contribution >= 0.6 is 0 Å². The van der Waals surface area contributed by atoms with E-state index in [-0.39, 0.29) is 29.3 Å². The summed E-state index contributed by atoms with van der Waals surface area (Å²) in [5, 5.41) is 14.0. The second-order valence-corrected chi connectivity index (χ2v) is 7.11. The molecule has 2 aromatic rings. The number of carbonyl (C=O) groups is 2. The SMILES string of the molecule is COc1cc(C(=O)Nc2ccc3c(c2)C(=O)CC(C)(C)O3)c([N+](=O)[O-])cc1OC. The summed E-state index contributed by atoms with van der Waals surface area (Å²) in [5.74, 6) is -0.0812. The Labute approximate surface area is 166 Å². The van der Waals surface area contributed by atoms with Gasteiger partial charge in [-0.05, 0) is 32.0 Å². The molecule has 0 saturated heterocycles. The van der Waals surface area contributed by atoms with Gasteiger partial charge in [-0.25, -0.2) is 0 Å². The molecule has 0 aliphatic carbocycles. The molecule has 0 spiro atoms. The highest BCUT2D eigenvalue weighted by Crippen LogP contribution is 2.36. The molecule has 3 rings (SSSR count). The van der Waals surface area contributed by atoms with E-state index in [4.69, 9.17) is 14.2 Å². The lowest BCUT2D eigenvalue weighted by Crippen LogP contribution is -2.35. The van der Waals surface area contributed by atoms with Gasteiger partial charge in [0.2, 0.25) is 0 Å². The zero-order chi connectivity index (χ0) is 21.3. The first-order valence-corrected chi connectivity index (χ1v) is 8.73. The Kier molecular flexibility index (Phi) is 5.15. The Morgan fingerprint density at radius 2 is 1.83 bits per heavy atom. The largest absolute Gasteiger partial charge is 0.493 e. The highest BCUT2D eigenvalue weighted by atomic mass is 16.6. The fourth-order valence-corrected chi connectivity index (χ4v) is 3.13. The van der Waals surface area contributed by atoms with Gasteiger partial charge >= 0.3 is 0 Å². The van der Waals surface area contributed by atoms with E-state index >= 15 is 0 Å². The third-order valence-electron chi connectivity index (χ3n) is 4.45. The lowest BCUT2D eigenvalue weighted by Gasteiger charge is -2.31. The number of nitro benzene ring substituents is 1. The number of fused-ring (bicyclic) bond motifs is 1. The molecule has 29 heavy (non-hydrogen) atoms. The number of ether oxygens (including phenoxy) is 3. The molecule has 9 nitrogen and oxygen atoms in total. The van der Waals surface area contributed by atoms with Crippen molar-refractivity contribution < 1.29 is 28.7 Å². The number of amides is 1. The third-order valence-corrected chi connectivity index (χ3v) is 4.45. The number of nitro groups is 1. The van der Waals surface area contributed by atoms with E-state index in [1.54, 1.807) is 12.1 Å². The van der Waals surface area contributed by atoms with Crippen molar-refractivity contribution in [1.82, 2.24) is 0 Å². The number of hydrogen-bond donors (Lipinski definition) is 1. The minimum absolute atomic E-state index is 0.107. The van der Waals surface area contributed by atoms with Crippen LogP contribution in [0, 0.1) is 10.1 Å². The van der Waals surface area contributed by atoms with Crippen molar-refractivity contribution >= 4 is 23.1 Å². The Hall–Kier alpha value is -3.62. The summed E-state index contributed by atoms with van der Waals surface area (Å²) < 4.78 is 16.0. The third kappa shape index (κ3) is 3.98. The molecule has 1 heterocycles. The summed E-state index contributed by atoms with van der Waals surface area (Å²) >= 11 is 0. The van der Waals surface area contributed by atoms with E-state index in [0.29, 0.717) is 17.0 Å². The molecule has 1 amide bonds. The monoisotopic (exact) mass is 400 g/mol. The van der Waals surface area contributed by atoms with Crippen LogP contribution in [-0.4, -0.2) is 36.4 Å². The predicted molar refractivity (Wildman–Crippen MR) is 104 cm³/mol. The van der Waals surface area contributed by atoms with Gasteiger partial charge in [-0.2, -0.15) is 0 Å². The minimum atomic E-state index is -0.720. The van der Waals surface area contributed by atoms with Crippen molar-refractivity contribution in [2.24, 2.45) is 0 Å². The van der Waals surface area contributed by atoms with Crippen molar-refractivity contribution in [2.45, 2.75) is 25.9 Å². The lowest BCUT2D eigenvalue weighted by molar-refractivity contribution is -0.385. The number of rotatable bonds is 5. The maximum atomic E-state index is 12.7. The topological polar surface area (TPSA) is 117 Å². The zero-order valence-corrected chi connectivity index (χ0v) is 16.4. The summed E-state index contributed by atoms with van der Waals surface area (Å²) in [7, 11) is 2.71. The first-order chi connectivity index (χ1) is 13.6. The molecule has 0 radical (unpaired) electrons. The van der Waals surface area contributed by atoms with Crippen LogP contribution in [0.25, 0.3) is 0 Å². The number of nitrogens with one attached hydrogen (secondary N) is 1. The Morgan fingerprint density at radius 1 is 1.17 bits per heavy atom. The Morgan fingerprint density at radius 3 is 2.45 bits per heavy atom. The molecule has 0 unspecified atom stereocenters. The quantitative estimate of drug-likeness (QED) is 0.602. The van der Waals surface area contributed by atoms with Gasteiger partial charge in [-0.15, -0.1) is 0 Å². The number of ketones is 1. The van der Waals surface area contributed by atoms with E-state index in [9.17, 15) is 19.7 Å². The van der Waals surface area contributed by atoms with Crippen molar-refractivity contribution in [1.29, 1.82) is 0 Å². The molecule has 1 N–H and O–H groups in total. The van der Waals surface area contributed by atoms with Gasteiger partial charge in [0.1, 0.15) is 16.9 Å². The van der Waals surface area contributed by atoms with E-state index in [2.05, 4.69) is 5.32 Å². The second kappa shape index (κ2) is 7.42. The number of benzene rings is 2. The first-order valence-electron chi connectivity index (χ1n) is 8.73. The van der Waals surface area contributed by atoms with Crippen molar-refractivity contribution in [3.63, 3.8) is 0 Å². The van der Waals surface area contributed by atoms with Gasteiger partial charge in [0, 0.05) is 11.8 Å². The molecule has 9 heteroatoms. The van der Waals surface area contributed by atoms with Gasteiger partial charge in [-0.1, -0.05) is 0 Å². The number of nitrogens with zero attached hydrogens (tertiary/aromatic N) is 1. The van der Waals surface area contributed by atoms with Crippen LogP contribution in [0.2, 0.25) is 0 Å². The number of carbonyl (C=O) groups excluding carboxylic acids is 2. The average Bonchev–Trinajstić information content (AvgIpc) is 2.66. The summed E-state index contributed by atoms with van der Waals surface area (Å²) in [6, 6.07) is 7.02. The smallest absolute Gasteiger partial charge is 0.286 e. The number of anilines is 1. The van der Waals surface area contributed by atoms with Gasteiger partial charge in [-0.3, -0.25) is 19.7 Å². The molecule has 152 valence electrons. The number of methoxy groups -OCH3 is 2. The van der Waals surface area contributed by atoms with Crippen LogP contribution in [0.5, 0.6) is 17.2 Å². The van der Waals surface area contributed by atoms with Crippen LogP contribution in [0.4, 0.5) is 11.4 Å². The molecule has 1 aliphatic heterocycles. The van der Waals surface area contributed by atoms with E-state index in [1.165, 1.54) is 26.4 Å². The van der Waals surface area contributed by atoms with Crippen LogP contribution < -0.4 is 19.5 Å². The molecular formula is C20H20N2O7. The number of hydrogen-bond acceptors (Lipinski definition) is 7. The molecule has 0 aromatic heterocycles. The fourth-order valence-electron chi connectivity index (χ4n) is 3.13. The molecular weight excluding hydrogens is 380 g/mol. The standard InChI is InChI=1S/C20H20N2O7/c1-20(2)10-15(23)13-7-11(5-6-16(13)29-20)21-19(24)12-8-17(27-3)18(28-4)9-14(12)22(25)26/h5-9H,10H2,1-4H3,(H,21,24). The van der Waals surface area contributed by atoms with Gasteiger partial charge in [0.15, 0.2) is 17.3 Å². The molecule has 0 bridgehead atoms. The minimum Gasteiger partial charge on any atom is -0.493 e. The first kappa shape index (κ1) is 20.1. The van der Waals surface area contributed by atoms with Crippen molar-refractivity contribution in [3.8, 4) is 17.2 Å². The predicted octanol–water partition coefficient (Wildman–Crippen LogP) is 3.61.